The van der Waals surface area contributed by atoms with Gasteiger partial charge in [-0.15, -0.1) is 0 Å². The highest BCUT2D eigenvalue weighted by Crippen LogP contribution is 2.28. The lowest BCUT2D eigenvalue weighted by Gasteiger charge is -2.11. The van der Waals surface area contributed by atoms with Crippen LogP contribution in [-0.4, -0.2) is 29.4 Å². The third kappa shape index (κ3) is 5.68. The first-order valence-corrected chi connectivity index (χ1v) is 9.55. The Morgan fingerprint density at radius 3 is 2.66 bits per heavy atom. The summed E-state index contributed by atoms with van der Waals surface area (Å²) in [6.45, 7) is 5.15. The molecule has 0 radical (unpaired) electrons. The van der Waals surface area contributed by atoms with E-state index in [4.69, 9.17) is 9.47 Å². The lowest BCUT2D eigenvalue weighted by Crippen LogP contribution is -2.10. The average molecular weight is 392 g/mol. The molecule has 3 rings (SSSR count). The molecule has 2 aromatic carbocycles. The topological polar surface area (TPSA) is 88.6 Å². The maximum Gasteiger partial charge on any atom is 0.252 e. The van der Waals surface area contributed by atoms with Crippen LogP contribution in [0.3, 0.4) is 0 Å². The number of aromatic nitrogens is 2. The van der Waals surface area contributed by atoms with Crippen molar-refractivity contribution in [3.05, 3.63) is 70.5 Å². The lowest BCUT2D eigenvalue weighted by atomic mass is 10.1. The first kappa shape index (κ1) is 20.1. The van der Waals surface area contributed by atoms with E-state index in [2.05, 4.69) is 27.4 Å². The Kier molecular flexibility index (Phi) is 7.00. The van der Waals surface area contributed by atoms with Crippen molar-refractivity contribution in [2.24, 2.45) is 5.10 Å². The fourth-order valence-corrected chi connectivity index (χ4v) is 2.64. The molecule has 0 aliphatic carbocycles. The summed E-state index contributed by atoms with van der Waals surface area (Å²) in [6, 6.07) is 16.5. The van der Waals surface area contributed by atoms with Gasteiger partial charge in [0.1, 0.15) is 0 Å². The lowest BCUT2D eigenvalue weighted by molar-refractivity contribution is 0.277. The van der Waals surface area contributed by atoms with Gasteiger partial charge in [0.2, 0.25) is 5.95 Å². The van der Waals surface area contributed by atoms with Crippen LogP contribution < -0.4 is 20.5 Å². The van der Waals surface area contributed by atoms with Crippen molar-refractivity contribution in [2.75, 3.05) is 18.6 Å². The molecule has 7 nitrogen and oxygen atoms in total. The molecule has 0 aliphatic rings. The van der Waals surface area contributed by atoms with Crippen molar-refractivity contribution >= 4 is 12.2 Å². The third-order valence-corrected chi connectivity index (χ3v) is 3.92. The second kappa shape index (κ2) is 10.1. The largest absolute Gasteiger partial charge is 0.490 e. The number of hydrogen-bond donors (Lipinski definition) is 2. The highest BCUT2D eigenvalue weighted by Gasteiger charge is 2.06. The minimum Gasteiger partial charge on any atom is -0.490 e. The Labute approximate surface area is 169 Å². The summed E-state index contributed by atoms with van der Waals surface area (Å²) in [5, 5.41) is 4.18. The molecule has 0 unspecified atom stereocenters. The van der Waals surface area contributed by atoms with E-state index in [1.165, 1.54) is 6.07 Å². The number of hydrogen-bond acceptors (Lipinski definition) is 6. The van der Waals surface area contributed by atoms with E-state index >= 15 is 0 Å². The molecule has 150 valence electrons. The standard InChI is InChI=1S/C22H24N4O3/c1-3-12-29-19-11-10-16(13-20(19)28-4-2)15-23-26-22-24-18(14-21(27)25-22)17-8-6-5-7-9-17/h5-11,13-15H,3-4,12H2,1-2H3,(H2,24,25,26,27)/b23-15+. The normalized spacial score (nSPS) is 10.8. The van der Waals surface area contributed by atoms with Gasteiger partial charge in [-0.1, -0.05) is 37.3 Å². The van der Waals surface area contributed by atoms with Gasteiger partial charge in [0.05, 0.1) is 25.1 Å². The molecule has 0 aliphatic heterocycles. The molecule has 29 heavy (non-hydrogen) atoms. The minimum atomic E-state index is -0.257. The Morgan fingerprint density at radius 2 is 1.90 bits per heavy atom. The number of H-pyrrole nitrogens is 1. The Bertz CT molecular complexity index is 1020. The summed E-state index contributed by atoms with van der Waals surface area (Å²) in [5.41, 5.74) is 4.77. The van der Waals surface area contributed by atoms with Gasteiger partial charge in [-0.2, -0.15) is 5.10 Å². The van der Waals surface area contributed by atoms with Crippen LogP contribution in [0.4, 0.5) is 5.95 Å². The van der Waals surface area contributed by atoms with Gasteiger partial charge < -0.3 is 9.47 Å². The molecule has 2 N–H and O–H groups in total. The van der Waals surface area contributed by atoms with Gasteiger partial charge in [0.25, 0.3) is 5.56 Å². The second-order valence-corrected chi connectivity index (χ2v) is 6.20. The molecule has 0 bridgehead atoms. The fraction of sp³-hybridized carbons (Fsp3) is 0.227. The highest BCUT2D eigenvalue weighted by molar-refractivity contribution is 5.81. The molecular weight excluding hydrogens is 368 g/mol. The number of rotatable bonds is 9. The van der Waals surface area contributed by atoms with Crippen molar-refractivity contribution in [3.8, 4) is 22.8 Å². The molecule has 0 fully saturated rings. The predicted octanol–water partition coefficient (Wildman–Crippen LogP) is 4.07. The Morgan fingerprint density at radius 1 is 1.07 bits per heavy atom. The number of hydrazone groups is 1. The summed E-state index contributed by atoms with van der Waals surface area (Å²) in [6.07, 6.45) is 2.55. The zero-order valence-electron chi connectivity index (χ0n) is 16.5. The minimum absolute atomic E-state index is 0.257. The van der Waals surface area contributed by atoms with E-state index in [1.807, 2.05) is 55.5 Å². The SMILES string of the molecule is CCCOc1ccc(/C=N/Nc2nc(-c3ccccc3)cc(=O)[nH]2)cc1OCC. The van der Waals surface area contributed by atoms with E-state index in [1.54, 1.807) is 6.21 Å². The first-order chi connectivity index (χ1) is 14.2. The van der Waals surface area contributed by atoms with Crippen LogP contribution in [0.5, 0.6) is 11.5 Å². The number of benzene rings is 2. The van der Waals surface area contributed by atoms with Gasteiger partial charge >= 0.3 is 0 Å². The molecule has 0 saturated carbocycles. The maximum atomic E-state index is 11.9. The van der Waals surface area contributed by atoms with Crippen LogP contribution in [0, 0.1) is 0 Å². The Hall–Kier alpha value is -3.61. The zero-order chi connectivity index (χ0) is 20.5. The zero-order valence-corrected chi connectivity index (χ0v) is 16.5. The molecule has 3 aromatic rings. The van der Waals surface area contributed by atoms with Crippen molar-refractivity contribution < 1.29 is 9.47 Å². The number of ether oxygens (including phenoxy) is 2. The number of anilines is 1. The summed E-state index contributed by atoms with van der Waals surface area (Å²) >= 11 is 0. The van der Waals surface area contributed by atoms with E-state index in [0.717, 1.165) is 17.5 Å². The average Bonchev–Trinajstić information content (AvgIpc) is 2.74. The van der Waals surface area contributed by atoms with Crippen LogP contribution >= 0.6 is 0 Å². The van der Waals surface area contributed by atoms with Crippen LogP contribution in [-0.2, 0) is 0 Å². The van der Waals surface area contributed by atoms with Crippen LogP contribution in [0.15, 0.2) is 64.5 Å². The smallest absolute Gasteiger partial charge is 0.252 e. The summed E-state index contributed by atoms with van der Waals surface area (Å²) < 4.78 is 11.4. The molecule has 1 aromatic heterocycles. The number of aromatic amines is 1. The van der Waals surface area contributed by atoms with Crippen molar-refractivity contribution in [1.82, 2.24) is 9.97 Å². The summed E-state index contributed by atoms with van der Waals surface area (Å²) in [4.78, 5) is 19.0. The molecule has 0 saturated heterocycles. The van der Waals surface area contributed by atoms with Crippen molar-refractivity contribution in [2.45, 2.75) is 20.3 Å². The third-order valence-electron chi connectivity index (χ3n) is 3.92. The highest BCUT2D eigenvalue weighted by atomic mass is 16.5. The summed E-state index contributed by atoms with van der Waals surface area (Å²) in [5.74, 6) is 1.64. The van der Waals surface area contributed by atoms with Gasteiger partial charge in [0, 0.05) is 11.6 Å². The van der Waals surface area contributed by atoms with Crippen molar-refractivity contribution in [3.63, 3.8) is 0 Å². The van der Waals surface area contributed by atoms with E-state index < -0.39 is 0 Å². The Balaban J connectivity index is 1.75. The fourth-order valence-electron chi connectivity index (χ4n) is 2.64. The molecule has 1 heterocycles. The molecule has 7 heteroatoms. The monoisotopic (exact) mass is 392 g/mol. The number of nitrogens with one attached hydrogen (secondary N) is 2. The van der Waals surface area contributed by atoms with E-state index in [-0.39, 0.29) is 11.5 Å². The van der Waals surface area contributed by atoms with Gasteiger partial charge in [-0.3, -0.25) is 9.78 Å². The molecular formula is C22H24N4O3. The summed E-state index contributed by atoms with van der Waals surface area (Å²) in [7, 11) is 0. The van der Waals surface area contributed by atoms with E-state index in [9.17, 15) is 4.79 Å². The predicted molar refractivity (Wildman–Crippen MR) is 115 cm³/mol. The van der Waals surface area contributed by atoms with Crippen LogP contribution in [0.1, 0.15) is 25.8 Å². The van der Waals surface area contributed by atoms with Gasteiger partial charge in [0.15, 0.2) is 11.5 Å². The maximum absolute atomic E-state index is 11.9. The van der Waals surface area contributed by atoms with Gasteiger partial charge in [-0.05, 0) is 37.1 Å². The molecule has 0 atom stereocenters. The van der Waals surface area contributed by atoms with E-state index in [0.29, 0.717) is 30.4 Å². The van der Waals surface area contributed by atoms with Crippen LogP contribution in [0.2, 0.25) is 0 Å². The van der Waals surface area contributed by atoms with Gasteiger partial charge in [-0.25, -0.2) is 10.4 Å². The molecule has 0 amide bonds. The molecule has 0 spiro atoms. The first-order valence-electron chi connectivity index (χ1n) is 9.55. The van der Waals surface area contributed by atoms with Crippen LogP contribution in [0.25, 0.3) is 11.3 Å². The number of nitrogens with zero attached hydrogens (tertiary/aromatic N) is 2. The van der Waals surface area contributed by atoms with Crippen molar-refractivity contribution in [1.29, 1.82) is 0 Å². The second-order valence-electron chi connectivity index (χ2n) is 6.20. The quantitative estimate of drug-likeness (QED) is 0.423.